The summed E-state index contributed by atoms with van der Waals surface area (Å²) in [5.74, 6) is -0.459. The molecule has 3 N–H and O–H groups in total. The Balaban J connectivity index is 2.79. The lowest BCUT2D eigenvalue weighted by atomic mass is 9.96. The lowest BCUT2D eigenvalue weighted by molar-refractivity contribution is -0.139. The summed E-state index contributed by atoms with van der Waals surface area (Å²) in [5, 5.41) is 22.3. The summed E-state index contributed by atoms with van der Waals surface area (Å²) in [4.78, 5) is 10.9. The number of carbonyl (C=O) groups is 1. The number of aliphatic hydroxyl groups is 1. The Bertz CT molecular complexity index is 428. The highest BCUT2D eigenvalue weighted by atomic mass is 16.4. The molecule has 3 atom stereocenters. The Labute approximate surface area is 120 Å². The van der Waals surface area contributed by atoms with Crippen molar-refractivity contribution in [3.63, 3.8) is 0 Å². The molecule has 0 amide bonds. The van der Waals surface area contributed by atoms with Gasteiger partial charge in [-0.3, -0.25) is 10.1 Å². The van der Waals surface area contributed by atoms with Gasteiger partial charge in [0.25, 0.3) is 0 Å². The van der Waals surface area contributed by atoms with E-state index in [1.165, 1.54) is 5.56 Å². The van der Waals surface area contributed by atoms with Gasteiger partial charge in [-0.05, 0) is 30.4 Å². The maximum absolute atomic E-state index is 10.9. The lowest BCUT2D eigenvalue weighted by Crippen LogP contribution is -2.44. The molecule has 4 nitrogen and oxygen atoms in total. The van der Waals surface area contributed by atoms with E-state index < -0.39 is 18.1 Å². The van der Waals surface area contributed by atoms with Crippen molar-refractivity contribution in [1.29, 1.82) is 0 Å². The quantitative estimate of drug-likeness (QED) is 0.717. The fourth-order valence-electron chi connectivity index (χ4n) is 2.14. The van der Waals surface area contributed by atoms with Gasteiger partial charge in [-0.2, -0.15) is 0 Å². The highest BCUT2D eigenvalue weighted by Gasteiger charge is 2.23. The van der Waals surface area contributed by atoms with Crippen LogP contribution in [0.15, 0.2) is 24.3 Å². The van der Waals surface area contributed by atoms with E-state index in [2.05, 4.69) is 19.2 Å². The molecule has 112 valence electrons. The van der Waals surface area contributed by atoms with Crippen molar-refractivity contribution >= 4 is 5.97 Å². The van der Waals surface area contributed by atoms with Crippen LogP contribution < -0.4 is 5.32 Å². The van der Waals surface area contributed by atoms with Crippen LogP contribution in [0.1, 0.15) is 57.3 Å². The molecule has 0 bridgehead atoms. The van der Waals surface area contributed by atoms with E-state index in [-0.39, 0.29) is 6.04 Å². The summed E-state index contributed by atoms with van der Waals surface area (Å²) in [5.41, 5.74) is 2.03. The van der Waals surface area contributed by atoms with Gasteiger partial charge in [0.2, 0.25) is 0 Å². The molecular formula is C16H25NO3. The van der Waals surface area contributed by atoms with Crippen LogP contribution in [0.2, 0.25) is 0 Å². The number of aliphatic carboxylic acids is 1. The highest BCUT2D eigenvalue weighted by Crippen LogP contribution is 2.22. The van der Waals surface area contributed by atoms with Gasteiger partial charge in [0.15, 0.2) is 0 Å². The molecular weight excluding hydrogens is 254 g/mol. The molecule has 0 aliphatic carbocycles. The van der Waals surface area contributed by atoms with Crippen LogP contribution in [0.5, 0.6) is 0 Å². The second kappa shape index (κ2) is 7.41. The van der Waals surface area contributed by atoms with Crippen molar-refractivity contribution in [1.82, 2.24) is 5.32 Å². The van der Waals surface area contributed by atoms with Crippen LogP contribution in [0.4, 0.5) is 0 Å². The summed E-state index contributed by atoms with van der Waals surface area (Å²) in [6, 6.07) is 6.90. The largest absolute Gasteiger partial charge is 0.480 e. The van der Waals surface area contributed by atoms with Crippen molar-refractivity contribution in [2.24, 2.45) is 0 Å². The van der Waals surface area contributed by atoms with Crippen molar-refractivity contribution in [2.75, 3.05) is 0 Å². The highest BCUT2D eigenvalue weighted by molar-refractivity contribution is 5.72. The van der Waals surface area contributed by atoms with Gasteiger partial charge in [-0.1, -0.05) is 45.0 Å². The van der Waals surface area contributed by atoms with E-state index in [0.29, 0.717) is 12.3 Å². The zero-order valence-corrected chi connectivity index (χ0v) is 12.6. The molecule has 0 aliphatic heterocycles. The first-order chi connectivity index (χ1) is 9.36. The predicted molar refractivity (Wildman–Crippen MR) is 79.8 cm³/mol. The topological polar surface area (TPSA) is 69.6 Å². The zero-order chi connectivity index (χ0) is 15.3. The Kier molecular flexibility index (Phi) is 6.17. The molecule has 3 unspecified atom stereocenters. The van der Waals surface area contributed by atoms with Gasteiger partial charge in [-0.25, -0.2) is 0 Å². The summed E-state index contributed by atoms with van der Waals surface area (Å²) in [7, 11) is 0. The summed E-state index contributed by atoms with van der Waals surface area (Å²) >= 11 is 0. The van der Waals surface area contributed by atoms with E-state index in [9.17, 15) is 9.90 Å². The second-order valence-electron chi connectivity index (χ2n) is 5.51. The molecule has 0 aliphatic rings. The maximum Gasteiger partial charge on any atom is 0.320 e. The SMILES string of the molecule is CCC(NC(C)C(=O)O)C(O)c1ccc(C(C)C)cc1. The molecule has 0 radical (unpaired) electrons. The molecule has 1 aromatic rings. The number of hydrogen-bond acceptors (Lipinski definition) is 3. The van der Waals surface area contributed by atoms with Gasteiger partial charge >= 0.3 is 5.97 Å². The van der Waals surface area contributed by atoms with E-state index in [1.807, 2.05) is 31.2 Å². The monoisotopic (exact) mass is 279 g/mol. The first-order valence-corrected chi connectivity index (χ1v) is 7.13. The molecule has 0 saturated heterocycles. The molecule has 4 heteroatoms. The Hall–Kier alpha value is -1.39. The van der Waals surface area contributed by atoms with Crippen LogP contribution in [0.25, 0.3) is 0 Å². The molecule has 1 aromatic carbocycles. The number of rotatable bonds is 7. The van der Waals surface area contributed by atoms with Gasteiger partial charge in [0.05, 0.1) is 6.10 Å². The average molecular weight is 279 g/mol. The third-order valence-electron chi connectivity index (χ3n) is 3.60. The third-order valence-corrected chi connectivity index (χ3v) is 3.60. The maximum atomic E-state index is 10.9. The molecule has 0 aromatic heterocycles. The number of hydrogen-bond donors (Lipinski definition) is 3. The summed E-state index contributed by atoms with van der Waals surface area (Å²) in [6.45, 7) is 7.75. The third kappa shape index (κ3) is 4.32. The van der Waals surface area contributed by atoms with E-state index >= 15 is 0 Å². The van der Waals surface area contributed by atoms with Crippen LogP contribution in [-0.2, 0) is 4.79 Å². The number of nitrogens with one attached hydrogen (secondary N) is 1. The predicted octanol–water partition coefficient (Wildman–Crippen LogP) is 2.68. The lowest BCUT2D eigenvalue weighted by Gasteiger charge is -2.25. The summed E-state index contributed by atoms with van der Waals surface area (Å²) in [6.07, 6.45) is -0.0481. The van der Waals surface area contributed by atoms with Crippen molar-refractivity contribution in [3.8, 4) is 0 Å². The molecule has 1 rings (SSSR count). The first kappa shape index (κ1) is 16.7. The fraction of sp³-hybridized carbons (Fsp3) is 0.562. The van der Waals surface area contributed by atoms with Gasteiger partial charge < -0.3 is 10.2 Å². The Morgan fingerprint density at radius 2 is 1.65 bits per heavy atom. The molecule has 0 heterocycles. The number of carboxylic acids is 1. The van der Waals surface area contributed by atoms with Gasteiger partial charge in [0, 0.05) is 6.04 Å². The fourth-order valence-corrected chi connectivity index (χ4v) is 2.14. The minimum atomic E-state index is -0.911. The molecule has 0 spiro atoms. The first-order valence-electron chi connectivity index (χ1n) is 7.13. The number of benzene rings is 1. The van der Waals surface area contributed by atoms with Crippen molar-refractivity contribution < 1.29 is 15.0 Å². The van der Waals surface area contributed by atoms with Crippen LogP contribution in [0.3, 0.4) is 0 Å². The normalized spacial score (nSPS) is 15.9. The van der Waals surface area contributed by atoms with Crippen LogP contribution >= 0.6 is 0 Å². The van der Waals surface area contributed by atoms with Crippen LogP contribution in [0, 0.1) is 0 Å². The number of carboxylic acid groups (broad SMARTS) is 1. The second-order valence-corrected chi connectivity index (χ2v) is 5.51. The van der Waals surface area contributed by atoms with Gasteiger partial charge in [-0.15, -0.1) is 0 Å². The molecule has 0 fully saturated rings. The number of aliphatic hydroxyl groups excluding tert-OH is 1. The van der Waals surface area contributed by atoms with E-state index in [0.717, 1.165) is 5.56 Å². The molecule has 20 heavy (non-hydrogen) atoms. The van der Waals surface area contributed by atoms with E-state index in [1.54, 1.807) is 6.92 Å². The zero-order valence-electron chi connectivity index (χ0n) is 12.6. The van der Waals surface area contributed by atoms with Crippen molar-refractivity contribution in [3.05, 3.63) is 35.4 Å². The van der Waals surface area contributed by atoms with Gasteiger partial charge in [0.1, 0.15) is 6.04 Å². The smallest absolute Gasteiger partial charge is 0.320 e. The average Bonchev–Trinajstić information content (AvgIpc) is 2.43. The Morgan fingerprint density at radius 1 is 1.15 bits per heavy atom. The Morgan fingerprint density at radius 3 is 2.05 bits per heavy atom. The van der Waals surface area contributed by atoms with E-state index in [4.69, 9.17) is 5.11 Å². The standard InChI is InChI=1S/C16H25NO3/c1-5-14(17-11(4)16(19)20)15(18)13-8-6-12(7-9-13)10(2)3/h6-11,14-15,17-18H,5H2,1-4H3,(H,19,20). The molecule has 0 saturated carbocycles. The minimum absolute atomic E-state index is 0.272. The summed E-state index contributed by atoms with van der Waals surface area (Å²) < 4.78 is 0. The minimum Gasteiger partial charge on any atom is -0.480 e. The van der Waals surface area contributed by atoms with Crippen LogP contribution in [-0.4, -0.2) is 28.3 Å². The van der Waals surface area contributed by atoms with Crippen molar-refractivity contribution in [2.45, 2.75) is 58.2 Å².